The predicted molar refractivity (Wildman–Crippen MR) is 76.3 cm³/mol. The standard InChI is InChI=1S/C13H22N2O5S/c16-7-9-19-8-1-6-15-21(17,18)13-5-4-12(20-13)10-14-11-2-3-11/h4-5,11,14-16H,1-3,6-10H2. The molecule has 3 N–H and O–H groups in total. The average Bonchev–Trinajstić information content (AvgIpc) is 3.16. The van der Waals surface area contributed by atoms with Gasteiger partial charge in [-0.2, -0.15) is 0 Å². The first-order chi connectivity index (χ1) is 10.1. The molecule has 2 rings (SSSR count). The van der Waals surface area contributed by atoms with E-state index in [1.54, 1.807) is 6.07 Å². The van der Waals surface area contributed by atoms with Gasteiger partial charge < -0.3 is 19.6 Å². The lowest BCUT2D eigenvalue weighted by Gasteiger charge is -2.05. The summed E-state index contributed by atoms with van der Waals surface area (Å²) in [5.41, 5.74) is 0. The Labute approximate surface area is 124 Å². The maximum Gasteiger partial charge on any atom is 0.273 e. The van der Waals surface area contributed by atoms with Crippen LogP contribution in [0.5, 0.6) is 0 Å². The molecule has 0 bridgehead atoms. The fourth-order valence-electron chi connectivity index (χ4n) is 1.75. The van der Waals surface area contributed by atoms with E-state index in [2.05, 4.69) is 10.0 Å². The number of hydrogen-bond acceptors (Lipinski definition) is 6. The fourth-order valence-corrected chi connectivity index (χ4v) is 2.77. The van der Waals surface area contributed by atoms with E-state index in [9.17, 15) is 8.42 Å². The highest BCUT2D eigenvalue weighted by Gasteiger charge is 2.22. The largest absolute Gasteiger partial charge is 0.447 e. The van der Waals surface area contributed by atoms with Crippen LogP contribution in [0.4, 0.5) is 0 Å². The number of sulfonamides is 1. The molecule has 0 radical (unpaired) electrons. The monoisotopic (exact) mass is 318 g/mol. The van der Waals surface area contributed by atoms with Gasteiger partial charge in [-0.3, -0.25) is 0 Å². The minimum atomic E-state index is -3.60. The van der Waals surface area contributed by atoms with Crippen LogP contribution in [0.15, 0.2) is 21.6 Å². The molecule has 1 aliphatic rings. The molecule has 1 saturated carbocycles. The Balaban J connectivity index is 1.73. The van der Waals surface area contributed by atoms with Crippen molar-refractivity contribution in [2.45, 2.75) is 36.9 Å². The lowest BCUT2D eigenvalue weighted by molar-refractivity contribution is 0.0913. The summed E-state index contributed by atoms with van der Waals surface area (Å²) in [5, 5.41) is 11.7. The first-order valence-electron chi connectivity index (χ1n) is 7.12. The van der Waals surface area contributed by atoms with Crippen molar-refractivity contribution < 1.29 is 22.7 Å². The van der Waals surface area contributed by atoms with Gasteiger partial charge in [-0.05, 0) is 31.4 Å². The number of nitrogens with one attached hydrogen (secondary N) is 2. The summed E-state index contributed by atoms with van der Waals surface area (Å²) in [5.74, 6) is 0.619. The zero-order chi connectivity index (χ0) is 15.1. The molecule has 1 aromatic heterocycles. The lowest BCUT2D eigenvalue weighted by Crippen LogP contribution is -2.25. The number of hydrogen-bond donors (Lipinski definition) is 3. The van der Waals surface area contributed by atoms with E-state index in [4.69, 9.17) is 14.3 Å². The molecule has 7 nitrogen and oxygen atoms in total. The third-order valence-corrected chi connectivity index (χ3v) is 4.37. The van der Waals surface area contributed by atoms with Crippen molar-refractivity contribution in [1.82, 2.24) is 10.0 Å². The normalized spacial score (nSPS) is 15.5. The van der Waals surface area contributed by atoms with Gasteiger partial charge in [0.2, 0.25) is 5.09 Å². The summed E-state index contributed by atoms with van der Waals surface area (Å²) in [6.07, 6.45) is 2.88. The Morgan fingerprint density at radius 3 is 2.86 bits per heavy atom. The van der Waals surface area contributed by atoms with Crippen molar-refractivity contribution >= 4 is 10.0 Å². The van der Waals surface area contributed by atoms with Gasteiger partial charge >= 0.3 is 0 Å². The molecule has 0 aromatic carbocycles. The molecule has 1 heterocycles. The van der Waals surface area contributed by atoms with Gasteiger partial charge in [0.15, 0.2) is 0 Å². The van der Waals surface area contributed by atoms with Gasteiger partial charge in [0.1, 0.15) is 5.76 Å². The highest BCUT2D eigenvalue weighted by molar-refractivity contribution is 7.89. The van der Waals surface area contributed by atoms with Gasteiger partial charge in [0.25, 0.3) is 10.0 Å². The second kappa shape index (κ2) is 7.90. The molecule has 8 heteroatoms. The molecule has 1 aromatic rings. The summed E-state index contributed by atoms with van der Waals surface area (Å²) in [4.78, 5) is 0. The fraction of sp³-hybridized carbons (Fsp3) is 0.692. The highest BCUT2D eigenvalue weighted by Crippen LogP contribution is 2.20. The Kier molecular flexibility index (Phi) is 6.19. The van der Waals surface area contributed by atoms with Crippen molar-refractivity contribution in [3.63, 3.8) is 0 Å². The number of ether oxygens (including phenoxy) is 1. The number of rotatable bonds is 11. The zero-order valence-electron chi connectivity index (χ0n) is 11.9. The molecule has 120 valence electrons. The SMILES string of the molecule is O=S(=O)(NCCCOCCO)c1ccc(CNC2CC2)o1. The minimum absolute atomic E-state index is 0.0320. The molecular weight excluding hydrogens is 296 g/mol. The molecule has 0 saturated heterocycles. The molecular formula is C13H22N2O5S. The Bertz CT molecular complexity index is 524. The maximum atomic E-state index is 12.0. The minimum Gasteiger partial charge on any atom is -0.447 e. The average molecular weight is 318 g/mol. The molecule has 0 amide bonds. The Hall–Kier alpha value is -0.930. The molecule has 1 aliphatic carbocycles. The summed E-state index contributed by atoms with van der Waals surface area (Å²) in [6.45, 7) is 1.45. The third-order valence-electron chi connectivity index (χ3n) is 3.04. The maximum absolute atomic E-state index is 12.0. The summed E-state index contributed by atoms with van der Waals surface area (Å²) < 4.78 is 36.8. The molecule has 21 heavy (non-hydrogen) atoms. The predicted octanol–water partition coefficient (Wildman–Crippen LogP) is 0.209. The van der Waals surface area contributed by atoms with E-state index in [0.29, 0.717) is 31.4 Å². The van der Waals surface area contributed by atoms with Gasteiger partial charge in [0.05, 0.1) is 19.8 Å². The third kappa shape index (κ3) is 5.76. The molecule has 0 spiro atoms. The van der Waals surface area contributed by atoms with Crippen LogP contribution in [0, 0.1) is 0 Å². The second-order valence-corrected chi connectivity index (χ2v) is 6.66. The van der Waals surface area contributed by atoms with Crippen LogP contribution in [0.25, 0.3) is 0 Å². The van der Waals surface area contributed by atoms with Gasteiger partial charge in [-0.15, -0.1) is 0 Å². The zero-order valence-corrected chi connectivity index (χ0v) is 12.7. The smallest absolute Gasteiger partial charge is 0.273 e. The molecule has 0 atom stereocenters. The van der Waals surface area contributed by atoms with Crippen LogP contribution < -0.4 is 10.0 Å². The van der Waals surface area contributed by atoms with Crippen LogP contribution in [-0.4, -0.2) is 45.9 Å². The Morgan fingerprint density at radius 2 is 2.14 bits per heavy atom. The van der Waals surface area contributed by atoms with E-state index in [0.717, 1.165) is 0 Å². The topological polar surface area (TPSA) is 101 Å². The Morgan fingerprint density at radius 1 is 1.33 bits per heavy atom. The van der Waals surface area contributed by atoms with Crippen LogP contribution >= 0.6 is 0 Å². The second-order valence-electron chi connectivity index (χ2n) is 4.96. The van der Waals surface area contributed by atoms with E-state index >= 15 is 0 Å². The van der Waals surface area contributed by atoms with Crippen LogP contribution in [0.3, 0.4) is 0 Å². The van der Waals surface area contributed by atoms with Crippen molar-refractivity contribution in [3.8, 4) is 0 Å². The van der Waals surface area contributed by atoms with E-state index in [-0.39, 0.29) is 24.9 Å². The van der Waals surface area contributed by atoms with Gasteiger partial charge in [0, 0.05) is 19.2 Å². The van der Waals surface area contributed by atoms with Crippen molar-refractivity contribution in [3.05, 3.63) is 17.9 Å². The van der Waals surface area contributed by atoms with Crippen molar-refractivity contribution in [2.24, 2.45) is 0 Å². The summed E-state index contributed by atoms with van der Waals surface area (Å²) in [7, 11) is -3.60. The van der Waals surface area contributed by atoms with Crippen molar-refractivity contribution in [2.75, 3.05) is 26.4 Å². The van der Waals surface area contributed by atoms with Gasteiger partial charge in [-0.1, -0.05) is 0 Å². The van der Waals surface area contributed by atoms with Crippen molar-refractivity contribution in [1.29, 1.82) is 0 Å². The van der Waals surface area contributed by atoms with E-state index < -0.39 is 10.0 Å². The molecule has 0 aliphatic heterocycles. The quantitative estimate of drug-likeness (QED) is 0.504. The van der Waals surface area contributed by atoms with Crippen LogP contribution in [0.2, 0.25) is 0 Å². The number of furan rings is 1. The number of aliphatic hydroxyl groups excluding tert-OH is 1. The summed E-state index contributed by atoms with van der Waals surface area (Å²) in [6, 6.07) is 3.69. The molecule has 1 fully saturated rings. The lowest BCUT2D eigenvalue weighted by atomic mass is 10.4. The van der Waals surface area contributed by atoms with Crippen LogP contribution in [0.1, 0.15) is 25.0 Å². The van der Waals surface area contributed by atoms with E-state index in [1.807, 2.05) is 0 Å². The number of aliphatic hydroxyl groups is 1. The highest BCUT2D eigenvalue weighted by atomic mass is 32.2. The molecule has 0 unspecified atom stereocenters. The summed E-state index contributed by atoms with van der Waals surface area (Å²) >= 11 is 0. The first kappa shape index (κ1) is 16.4. The first-order valence-corrected chi connectivity index (χ1v) is 8.60. The van der Waals surface area contributed by atoms with Gasteiger partial charge in [-0.25, -0.2) is 13.1 Å². The van der Waals surface area contributed by atoms with E-state index in [1.165, 1.54) is 18.9 Å². The van der Waals surface area contributed by atoms with Crippen LogP contribution in [-0.2, 0) is 21.3 Å².